The summed E-state index contributed by atoms with van der Waals surface area (Å²) >= 11 is 0. The molecule has 0 aliphatic rings. The molecule has 2 rings (SSSR count). The van der Waals surface area contributed by atoms with Crippen LogP contribution in [0.15, 0.2) is 36.9 Å². The van der Waals surface area contributed by atoms with Crippen LogP contribution in [0.1, 0.15) is 0 Å². The number of amides is 1. The summed E-state index contributed by atoms with van der Waals surface area (Å²) in [6.07, 6.45) is 1.10. The number of rotatable bonds is 12. The number of ether oxygens (including phenoxy) is 2. The van der Waals surface area contributed by atoms with E-state index in [0.717, 1.165) is 25.7 Å². The number of hydrogen-bond acceptors (Lipinski definition) is 8. The number of benzene rings is 2. The topological polar surface area (TPSA) is 86.5 Å². The second-order valence-electron chi connectivity index (χ2n) is 9.19. The number of methoxy groups -OCH3 is 2. The molecular formula is C27H42F2N6O3. The van der Waals surface area contributed by atoms with Crippen molar-refractivity contribution in [2.45, 2.75) is 0 Å². The lowest BCUT2D eigenvalue weighted by molar-refractivity contribution is -0.111. The molecule has 0 saturated heterocycles. The van der Waals surface area contributed by atoms with Gasteiger partial charge in [-0.15, -0.1) is 0 Å². The van der Waals surface area contributed by atoms with E-state index in [2.05, 4.69) is 16.8 Å². The van der Waals surface area contributed by atoms with Gasteiger partial charge in [0.2, 0.25) is 5.91 Å². The number of carbonyl (C=O) groups excluding carboxylic acids is 1. The first kappa shape index (κ1) is 32.5. The first-order valence-corrected chi connectivity index (χ1v) is 12.0. The molecule has 0 atom stereocenters. The Balaban J connectivity index is 0.000000389. The molecule has 2 aromatic rings. The summed E-state index contributed by atoms with van der Waals surface area (Å²) in [5.74, 6) is -0.576. The maximum absolute atomic E-state index is 14.2. The summed E-state index contributed by atoms with van der Waals surface area (Å²) in [7, 11) is 14.6. The third-order valence-electron chi connectivity index (χ3n) is 5.62. The van der Waals surface area contributed by atoms with Gasteiger partial charge in [-0.05, 0) is 34.3 Å². The van der Waals surface area contributed by atoms with Crippen molar-refractivity contribution in [3.63, 3.8) is 0 Å². The maximum atomic E-state index is 14.2. The van der Waals surface area contributed by atoms with Crippen molar-refractivity contribution >= 4 is 28.7 Å². The monoisotopic (exact) mass is 536 g/mol. The second-order valence-corrected chi connectivity index (χ2v) is 9.19. The highest BCUT2D eigenvalue weighted by Gasteiger charge is 2.17. The van der Waals surface area contributed by atoms with E-state index in [1.807, 2.05) is 57.0 Å². The van der Waals surface area contributed by atoms with Gasteiger partial charge in [-0.1, -0.05) is 6.58 Å². The highest BCUT2D eigenvalue weighted by molar-refractivity contribution is 6.01. The molecule has 0 fully saturated rings. The van der Waals surface area contributed by atoms with Gasteiger partial charge in [0.25, 0.3) is 0 Å². The Kier molecular flexibility index (Phi) is 13.3. The van der Waals surface area contributed by atoms with E-state index in [4.69, 9.17) is 15.2 Å². The predicted molar refractivity (Wildman–Crippen MR) is 153 cm³/mol. The second kappa shape index (κ2) is 15.6. The van der Waals surface area contributed by atoms with Crippen LogP contribution in [0.2, 0.25) is 0 Å². The SMILES string of the molecule is C=CC(=O)Nc1c(F)cc(OC)cc1N(C)CCN(C)C.COc1cc(F)c(N)c(N(C)CCN(C)C)c1. The van der Waals surface area contributed by atoms with Gasteiger partial charge >= 0.3 is 0 Å². The standard InChI is InChI=1S/C15H22FN3O2.C12H20FN3O/c1-6-14(20)17-15-12(16)9-11(21-5)10-13(15)19(4)8-7-18(2)3;1-15(2)5-6-16(3)11-8-9(17-4)7-10(13)12(11)14/h6,9-10H,1,7-8H2,2-5H3,(H,17,20);7-8H,5-6,14H2,1-4H3. The summed E-state index contributed by atoms with van der Waals surface area (Å²) in [6.45, 7) is 6.49. The quantitative estimate of drug-likeness (QED) is 0.316. The van der Waals surface area contributed by atoms with Crippen molar-refractivity contribution in [3.05, 3.63) is 48.6 Å². The number of nitrogens with one attached hydrogen (secondary N) is 1. The largest absolute Gasteiger partial charge is 0.497 e. The fraction of sp³-hybridized carbons (Fsp3) is 0.444. The normalized spacial score (nSPS) is 10.5. The molecule has 1 amide bonds. The highest BCUT2D eigenvalue weighted by atomic mass is 19.1. The van der Waals surface area contributed by atoms with Gasteiger partial charge in [0, 0.05) is 64.5 Å². The highest BCUT2D eigenvalue weighted by Crippen LogP contribution is 2.33. The number of nitrogens with two attached hydrogens (primary N) is 1. The summed E-state index contributed by atoms with van der Waals surface area (Å²) < 4.78 is 37.9. The van der Waals surface area contributed by atoms with Crippen LogP contribution in [0.4, 0.5) is 31.5 Å². The van der Waals surface area contributed by atoms with Crippen LogP contribution >= 0.6 is 0 Å². The molecule has 2 aromatic carbocycles. The minimum absolute atomic E-state index is 0.127. The van der Waals surface area contributed by atoms with E-state index in [-0.39, 0.29) is 11.4 Å². The van der Waals surface area contributed by atoms with Gasteiger partial charge in [0.1, 0.15) is 17.2 Å². The van der Waals surface area contributed by atoms with E-state index in [0.29, 0.717) is 29.4 Å². The molecule has 38 heavy (non-hydrogen) atoms. The molecule has 0 spiro atoms. The average molecular weight is 537 g/mol. The zero-order valence-corrected chi connectivity index (χ0v) is 23.8. The van der Waals surface area contributed by atoms with Crippen LogP contribution in [-0.2, 0) is 4.79 Å². The number of likely N-dealkylation sites (N-methyl/N-ethyl adjacent to an activating group) is 4. The molecule has 3 N–H and O–H groups in total. The van der Waals surface area contributed by atoms with Crippen LogP contribution < -0.4 is 30.3 Å². The lowest BCUT2D eigenvalue weighted by Crippen LogP contribution is -2.29. The Morgan fingerprint density at radius 1 is 0.842 bits per heavy atom. The Bertz CT molecular complexity index is 1070. The number of halogens is 2. The third kappa shape index (κ3) is 10.1. The molecule has 0 aliphatic heterocycles. The van der Waals surface area contributed by atoms with Crippen LogP contribution in [0.25, 0.3) is 0 Å². The van der Waals surface area contributed by atoms with Crippen LogP contribution in [-0.4, -0.2) is 98.4 Å². The Labute approximate surface area is 225 Å². The van der Waals surface area contributed by atoms with Gasteiger partial charge in [-0.25, -0.2) is 8.78 Å². The van der Waals surface area contributed by atoms with E-state index >= 15 is 0 Å². The zero-order valence-electron chi connectivity index (χ0n) is 23.8. The smallest absolute Gasteiger partial charge is 0.247 e. The minimum Gasteiger partial charge on any atom is -0.497 e. The molecule has 0 saturated carbocycles. The van der Waals surface area contributed by atoms with E-state index in [9.17, 15) is 13.6 Å². The molecule has 0 radical (unpaired) electrons. The lowest BCUT2D eigenvalue weighted by atomic mass is 10.2. The van der Waals surface area contributed by atoms with E-state index in [1.54, 1.807) is 12.1 Å². The van der Waals surface area contributed by atoms with Crippen molar-refractivity contribution < 1.29 is 23.0 Å². The van der Waals surface area contributed by atoms with E-state index < -0.39 is 17.5 Å². The predicted octanol–water partition coefficient (Wildman–Crippen LogP) is 3.37. The molecule has 9 nitrogen and oxygen atoms in total. The summed E-state index contributed by atoms with van der Waals surface area (Å²) in [5.41, 5.74) is 7.23. The minimum atomic E-state index is -0.545. The van der Waals surface area contributed by atoms with Gasteiger partial charge in [0.15, 0.2) is 11.6 Å². The average Bonchev–Trinajstić information content (AvgIpc) is 2.88. The molecule has 0 aromatic heterocycles. The summed E-state index contributed by atoms with van der Waals surface area (Å²) in [5, 5.41) is 2.51. The van der Waals surface area contributed by atoms with Crippen molar-refractivity contribution in [2.75, 3.05) is 104 Å². The van der Waals surface area contributed by atoms with Gasteiger partial charge in [-0.2, -0.15) is 0 Å². The molecule has 11 heteroatoms. The number of anilines is 4. The van der Waals surface area contributed by atoms with Gasteiger partial charge < -0.3 is 40.1 Å². The summed E-state index contributed by atoms with van der Waals surface area (Å²) in [6, 6.07) is 5.96. The van der Waals surface area contributed by atoms with Gasteiger partial charge in [-0.3, -0.25) is 4.79 Å². The van der Waals surface area contributed by atoms with E-state index in [1.165, 1.54) is 26.4 Å². The van der Waals surface area contributed by atoms with Crippen LogP contribution in [0.5, 0.6) is 11.5 Å². The molecule has 212 valence electrons. The number of hydrogen-bond donors (Lipinski definition) is 2. The van der Waals surface area contributed by atoms with Gasteiger partial charge in [0.05, 0.1) is 31.3 Å². The molecule has 0 aliphatic carbocycles. The molecular weight excluding hydrogens is 494 g/mol. The first-order valence-electron chi connectivity index (χ1n) is 12.0. The van der Waals surface area contributed by atoms with Crippen molar-refractivity contribution in [3.8, 4) is 11.5 Å². The first-order chi connectivity index (χ1) is 17.8. The Morgan fingerprint density at radius 3 is 1.74 bits per heavy atom. The lowest BCUT2D eigenvalue weighted by Gasteiger charge is -2.25. The Morgan fingerprint density at radius 2 is 1.29 bits per heavy atom. The Hall–Kier alpha value is -3.57. The molecule has 0 unspecified atom stereocenters. The number of carbonyl (C=O) groups is 1. The fourth-order valence-corrected chi connectivity index (χ4v) is 3.24. The van der Waals surface area contributed by atoms with Crippen molar-refractivity contribution in [2.24, 2.45) is 0 Å². The fourth-order valence-electron chi connectivity index (χ4n) is 3.24. The summed E-state index contributed by atoms with van der Waals surface area (Å²) in [4.78, 5) is 19.3. The zero-order chi connectivity index (χ0) is 29.0. The number of nitrogens with zero attached hydrogens (tertiary/aromatic N) is 4. The van der Waals surface area contributed by atoms with Crippen LogP contribution in [0.3, 0.4) is 0 Å². The van der Waals surface area contributed by atoms with Crippen molar-refractivity contribution in [1.82, 2.24) is 9.80 Å². The maximum Gasteiger partial charge on any atom is 0.247 e. The molecule has 0 bridgehead atoms. The number of nitrogen functional groups attached to an aromatic ring is 1. The third-order valence-corrected chi connectivity index (χ3v) is 5.62. The van der Waals surface area contributed by atoms with Crippen molar-refractivity contribution in [1.29, 1.82) is 0 Å². The molecule has 0 heterocycles. The van der Waals surface area contributed by atoms with Crippen LogP contribution in [0, 0.1) is 11.6 Å².